The number of nitrogens with zero attached hydrogens (tertiary/aromatic N) is 2. The zero-order chi connectivity index (χ0) is 14.2. The first kappa shape index (κ1) is 13.5. The lowest BCUT2D eigenvalue weighted by Gasteiger charge is -2.19. The van der Waals surface area contributed by atoms with E-state index in [-0.39, 0.29) is 0 Å². The lowest BCUT2D eigenvalue weighted by atomic mass is 10.0. The molecule has 0 aliphatic rings. The predicted molar refractivity (Wildman–Crippen MR) is 83.2 cm³/mol. The normalized spacial score (nSPS) is 10.5. The molecule has 100 valence electrons. The largest absolute Gasteiger partial charge is 0.494 e. The molecule has 0 saturated carbocycles. The molecule has 0 radical (unpaired) electrons. The minimum atomic E-state index is 0.362. The molecule has 0 unspecified atom stereocenters. The Balaban J connectivity index is 2.97. The van der Waals surface area contributed by atoms with E-state index >= 15 is 0 Å². The van der Waals surface area contributed by atoms with Gasteiger partial charge in [-0.1, -0.05) is 12.2 Å². The van der Waals surface area contributed by atoms with Gasteiger partial charge in [-0.15, -0.1) is 0 Å². The van der Waals surface area contributed by atoms with Gasteiger partial charge in [0.05, 0.1) is 7.11 Å². The number of fused-ring (bicyclic) bond motifs is 1. The highest BCUT2D eigenvalue weighted by atomic mass is 32.1. The number of thiocarbonyl (C=S) groups is 1. The van der Waals surface area contributed by atoms with Crippen molar-refractivity contribution in [3.63, 3.8) is 0 Å². The van der Waals surface area contributed by atoms with Gasteiger partial charge in [-0.25, -0.2) is 4.98 Å². The van der Waals surface area contributed by atoms with Crippen LogP contribution in [-0.2, 0) is 0 Å². The number of aromatic nitrogens is 1. The van der Waals surface area contributed by atoms with Gasteiger partial charge in [0, 0.05) is 36.4 Å². The van der Waals surface area contributed by atoms with Crippen molar-refractivity contribution in [2.75, 3.05) is 26.1 Å². The van der Waals surface area contributed by atoms with E-state index in [1.807, 2.05) is 44.1 Å². The van der Waals surface area contributed by atoms with E-state index in [0.717, 1.165) is 33.6 Å². The minimum absolute atomic E-state index is 0.362. The zero-order valence-electron chi connectivity index (χ0n) is 11.5. The van der Waals surface area contributed by atoms with Crippen molar-refractivity contribution < 1.29 is 4.74 Å². The average Bonchev–Trinajstić information content (AvgIpc) is 2.35. The van der Waals surface area contributed by atoms with Crippen molar-refractivity contribution in [1.29, 1.82) is 0 Å². The molecule has 1 aromatic heterocycles. The second kappa shape index (κ2) is 5.01. The molecular weight excluding hydrogens is 258 g/mol. The molecular formula is C14H17N3OS. The third kappa shape index (κ3) is 2.33. The maximum absolute atomic E-state index is 5.82. The number of rotatable bonds is 3. The highest BCUT2D eigenvalue weighted by molar-refractivity contribution is 7.80. The van der Waals surface area contributed by atoms with Crippen LogP contribution in [0.4, 0.5) is 5.69 Å². The summed E-state index contributed by atoms with van der Waals surface area (Å²) in [6.07, 6.45) is 0. The van der Waals surface area contributed by atoms with E-state index in [1.165, 1.54) is 0 Å². The molecule has 0 spiro atoms. The summed E-state index contributed by atoms with van der Waals surface area (Å²) in [5.41, 5.74) is 9.39. The van der Waals surface area contributed by atoms with Crippen LogP contribution in [0.1, 0.15) is 11.3 Å². The number of pyridine rings is 1. The standard InChI is InChI=1S/C14H17N3OS/c1-8-7-10(17(2)3)12-9(14(15)19)5-6-11(18-4)13(12)16-8/h5-7H,1-4H3,(H2,15,19). The van der Waals surface area contributed by atoms with Crippen molar-refractivity contribution in [2.45, 2.75) is 6.92 Å². The number of ether oxygens (including phenoxy) is 1. The second-order valence-electron chi connectivity index (χ2n) is 4.58. The van der Waals surface area contributed by atoms with Gasteiger partial charge in [-0.3, -0.25) is 0 Å². The Bertz CT molecular complexity index is 653. The summed E-state index contributed by atoms with van der Waals surface area (Å²) < 4.78 is 5.39. The minimum Gasteiger partial charge on any atom is -0.494 e. The van der Waals surface area contributed by atoms with E-state index in [0.29, 0.717) is 4.99 Å². The number of hydrogen-bond acceptors (Lipinski definition) is 4. The average molecular weight is 275 g/mol. The van der Waals surface area contributed by atoms with Crippen LogP contribution in [0.5, 0.6) is 5.75 Å². The molecule has 19 heavy (non-hydrogen) atoms. The van der Waals surface area contributed by atoms with E-state index < -0.39 is 0 Å². The van der Waals surface area contributed by atoms with Gasteiger partial charge >= 0.3 is 0 Å². The van der Waals surface area contributed by atoms with Gasteiger partial charge in [0.1, 0.15) is 16.3 Å². The maximum atomic E-state index is 5.82. The monoisotopic (exact) mass is 275 g/mol. The van der Waals surface area contributed by atoms with Gasteiger partial charge < -0.3 is 15.4 Å². The molecule has 4 nitrogen and oxygen atoms in total. The third-order valence-corrected chi connectivity index (χ3v) is 3.22. The molecule has 0 saturated heterocycles. The molecule has 0 fully saturated rings. The van der Waals surface area contributed by atoms with Gasteiger partial charge in [0.25, 0.3) is 0 Å². The van der Waals surface area contributed by atoms with Crippen molar-refractivity contribution in [3.05, 3.63) is 29.5 Å². The van der Waals surface area contributed by atoms with Gasteiger partial charge in [-0.2, -0.15) is 0 Å². The molecule has 1 aromatic carbocycles. The molecule has 2 rings (SSSR count). The Hall–Kier alpha value is -1.88. The Morgan fingerprint density at radius 3 is 2.58 bits per heavy atom. The van der Waals surface area contributed by atoms with E-state index in [9.17, 15) is 0 Å². The van der Waals surface area contributed by atoms with Crippen molar-refractivity contribution in [3.8, 4) is 5.75 Å². The number of anilines is 1. The zero-order valence-corrected chi connectivity index (χ0v) is 12.3. The molecule has 1 heterocycles. The fourth-order valence-electron chi connectivity index (χ4n) is 2.14. The Labute approximate surface area is 118 Å². The first-order valence-corrected chi connectivity index (χ1v) is 6.32. The smallest absolute Gasteiger partial charge is 0.145 e. The molecule has 0 aliphatic heterocycles. The second-order valence-corrected chi connectivity index (χ2v) is 5.02. The third-order valence-electron chi connectivity index (χ3n) is 3.00. The van der Waals surface area contributed by atoms with Gasteiger partial charge in [-0.05, 0) is 25.1 Å². The van der Waals surface area contributed by atoms with E-state index in [4.69, 9.17) is 22.7 Å². The lowest BCUT2D eigenvalue weighted by Crippen LogP contribution is -2.15. The van der Waals surface area contributed by atoms with Crippen LogP contribution in [0.15, 0.2) is 18.2 Å². The molecule has 2 aromatic rings. The molecule has 5 heteroatoms. The van der Waals surface area contributed by atoms with Crippen LogP contribution in [0.2, 0.25) is 0 Å². The summed E-state index contributed by atoms with van der Waals surface area (Å²) in [7, 11) is 5.60. The summed E-state index contributed by atoms with van der Waals surface area (Å²) in [5, 5.41) is 0.933. The van der Waals surface area contributed by atoms with E-state index in [1.54, 1.807) is 7.11 Å². The topological polar surface area (TPSA) is 51.4 Å². The quantitative estimate of drug-likeness (QED) is 0.871. The predicted octanol–water partition coefficient (Wildman–Crippen LogP) is 2.25. The summed E-state index contributed by atoms with van der Waals surface area (Å²) in [6.45, 7) is 1.96. The SMILES string of the molecule is COc1ccc(C(N)=S)c2c(N(C)C)cc(C)nc12. The van der Waals surface area contributed by atoms with Crippen LogP contribution in [-0.4, -0.2) is 31.2 Å². The highest BCUT2D eigenvalue weighted by Gasteiger charge is 2.15. The van der Waals surface area contributed by atoms with Crippen LogP contribution in [0.25, 0.3) is 10.9 Å². The Kier molecular flexibility index (Phi) is 3.57. The lowest BCUT2D eigenvalue weighted by molar-refractivity contribution is 0.419. The Morgan fingerprint density at radius 2 is 2.05 bits per heavy atom. The van der Waals surface area contributed by atoms with E-state index in [2.05, 4.69) is 4.98 Å². The number of aryl methyl sites for hydroxylation is 1. The molecule has 0 bridgehead atoms. The molecule has 2 N–H and O–H groups in total. The van der Waals surface area contributed by atoms with Crippen molar-refractivity contribution in [2.24, 2.45) is 5.73 Å². The number of nitrogens with two attached hydrogens (primary N) is 1. The van der Waals surface area contributed by atoms with Crippen molar-refractivity contribution in [1.82, 2.24) is 4.98 Å². The molecule has 0 amide bonds. The fraction of sp³-hybridized carbons (Fsp3) is 0.286. The summed E-state index contributed by atoms with van der Waals surface area (Å²) in [5.74, 6) is 0.724. The highest BCUT2D eigenvalue weighted by Crippen LogP contribution is 2.34. The molecule has 0 atom stereocenters. The number of methoxy groups -OCH3 is 1. The first-order chi connectivity index (χ1) is 8.95. The summed E-state index contributed by atoms with van der Waals surface area (Å²) >= 11 is 5.14. The van der Waals surface area contributed by atoms with Crippen molar-refractivity contribution >= 4 is 33.8 Å². The van der Waals surface area contributed by atoms with Gasteiger partial charge in [0.15, 0.2) is 0 Å². The van der Waals surface area contributed by atoms with Crippen LogP contribution >= 0.6 is 12.2 Å². The first-order valence-electron chi connectivity index (χ1n) is 5.91. The van der Waals surface area contributed by atoms with Crippen LogP contribution < -0.4 is 15.4 Å². The maximum Gasteiger partial charge on any atom is 0.145 e. The Morgan fingerprint density at radius 1 is 1.37 bits per heavy atom. The fourth-order valence-corrected chi connectivity index (χ4v) is 2.31. The summed E-state index contributed by atoms with van der Waals surface area (Å²) in [6, 6.07) is 5.75. The number of hydrogen-bond donors (Lipinski definition) is 1. The van der Waals surface area contributed by atoms with Crippen LogP contribution in [0, 0.1) is 6.92 Å². The van der Waals surface area contributed by atoms with Crippen LogP contribution in [0.3, 0.4) is 0 Å². The summed E-state index contributed by atoms with van der Waals surface area (Å²) in [4.78, 5) is 6.95. The number of benzene rings is 1. The molecule has 0 aliphatic carbocycles. The van der Waals surface area contributed by atoms with Gasteiger partial charge in [0.2, 0.25) is 0 Å².